The summed E-state index contributed by atoms with van der Waals surface area (Å²) in [5.41, 5.74) is 2.37. The van der Waals surface area contributed by atoms with Crippen LogP contribution in [0, 0.1) is 0 Å². The Kier molecular flexibility index (Phi) is 5.23. The molecule has 1 unspecified atom stereocenters. The molecular weight excluding hydrogens is 356 g/mol. The van der Waals surface area contributed by atoms with Crippen LogP contribution >= 0.6 is 0 Å². The minimum atomic E-state index is -0.353. The number of alkyl carbamates (subject to hydrolysis) is 1. The Labute approximate surface area is 166 Å². The zero-order chi connectivity index (χ0) is 19.7. The molecule has 1 amide bonds. The minimum Gasteiger partial charge on any atom is -0.493 e. The van der Waals surface area contributed by atoms with Crippen molar-refractivity contribution < 1.29 is 19.0 Å². The quantitative estimate of drug-likeness (QED) is 0.621. The van der Waals surface area contributed by atoms with Crippen LogP contribution in [0.5, 0.6) is 11.5 Å². The predicted molar refractivity (Wildman–Crippen MR) is 107 cm³/mol. The van der Waals surface area contributed by atoms with Gasteiger partial charge in [-0.05, 0) is 44.1 Å². The van der Waals surface area contributed by atoms with Gasteiger partial charge in [-0.15, -0.1) is 0 Å². The van der Waals surface area contributed by atoms with Crippen LogP contribution in [0.3, 0.4) is 0 Å². The molecule has 6 nitrogen and oxygen atoms in total. The summed E-state index contributed by atoms with van der Waals surface area (Å²) in [6.07, 6.45) is 7.21. The maximum atomic E-state index is 12.1. The van der Waals surface area contributed by atoms with Crippen molar-refractivity contribution in [1.82, 2.24) is 10.2 Å². The smallest absolute Gasteiger partial charge is 0.407 e. The van der Waals surface area contributed by atoms with Crippen LogP contribution in [-0.4, -0.2) is 50.4 Å². The van der Waals surface area contributed by atoms with E-state index >= 15 is 0 Å². The highest BCUT2D eigenvalue weighted by atomic mass is 16.6. The first-order valence-electron chi connectivity index (χ1n) is 10.3. The lowest BCUT2D eigenvalue weighted by atomic mass is 9.69. The molecule has 0 saturated carbocycles. The van der Waals surface area contributed by atoms with E-state index in [1.165, 1.54) is 11.1 Å². The van der Waals surface area contributed by atoms with E-state index in [-0.39, 0.29) is 23.7 Å². The summed E-state index contributed by atoms with van der Waals surface area (Å²) in [7, 11) is 3.84. The molecule has 1 aliphatic carbocycles. The van der Waals surface area contributed by atoms with Crippen molar-refractivity contribution >= 4 is 6.09 Å². The zero-order valence-electron chi connectivity index (χ0n) is 17.0. The third-order valence-electron chi connectivity index (χ3n) is 6.19. The SMILES string of the molecule is CCCCNC(=O)O[C@@H]1C=CC23CCN(C)Cc4ccc(OC)c(c42)O[C@@H]3C1. The van der Waals surface area contributed by atoms with Gasteiger partial charge in [0.1, 0.15) is 12.2 Å². The molecule has 1 spiro atoms. The van der Waals surface area contributed by atoms with Gasteiger partial charge in [-0.3, -0.25) is 0 Å². The number of rotatable bonds is 5. The number of ether oxygens (including phenoxy) is 3. The van der Waals surface area contributed by atoms with Crippen molar-refractivity contribution in [2.75, 3.05) is 27.2 Å². The van der Waals surface area contributed by atoms with Crippen molar-refractivity contribution in [2.24, 2.45) is 0 Å². The maximum absolute atomic E-state index is 12.1. The molecule has 0 saturated heterocycles. The van der Waals surface area contributed by atoms with E-state index in [1.807, 2.05) is 12.1 Å². The molecule has 152 valence electrons. The first-order chi connectivity index (χ1) is 13.6. The molecule has 2 aliphatic heterocycles. The van der Waals surface area contributed by atoms with Gasteiger partial charge < -0.3 is 24.4 Å². The first kappa shape index (κ1) is 19.1. The fraction of sp³-hybridized carbons (Fsp3) is 0.591. The highest BCUT2D eigenvalue weighted by Crippen LogP contribution is 2.55. The van der Waals surface area contributed by atoms with E-state index in [0.717, 1.165) is 43.9 Å². The molecule has 0 bridgehead atoms. The molecule has 1 aromatic carbocycles. The number of methoxy groups -OCH3 is 1. The molecule has 3 atom stereocenters. The summed E-state index contributed by atoms with van der Waals surface area (Å²) in [6.45, 7) is 4.63. The Balaban J connectivity index is 1.60. The van der Waals surface area contributed by atoms with E-state index in [4.69, 9.17) is 14.2 Å². The number of carbonyl (C=O) groups is 1. The Bertz CT molecular complexity index is 778. The van der Waals surface area contributed by atoms with Crippen molar-refractivity contribution in [3.63, 3.8) is 0 Å². The molecule has 3 aliphatic rings. The van der Waals surface area contributed by atoms with E-state index in [9.17, 15) is 4.79 Å². The summed E-state index contributed by atoms with van der Waals surface area (Å²) in [4.78, 5) is 14.4. The number of nitrogens with zero attached hydrogens (tertiary/aromatic N) is 1. The third-order valence-corrected chi connectivity index (χ3v) is 6.19. The molecule has 28 heavy (non-hydrogen) atoms. The highest BCUT2D eigenvalue weighted by Gasteiger charge is 2.53. The van der Waals surface area contributed by atoms with Gasteiger partial charge in [0.05, 0.1) is 12.5 Å². The predicted octanol–water partition coefficient (Wildman–Crippen LogP) is 3.38. The van der Waals surface area contributed by atoms with E-state index in [2.05, 4.69) is 36.3 Å². The highest BCUT2D eigenvalue weighted by molar-refractivity contribution is 5.67. The van der Waals surface area contributed by atoms with Crippen molar-refractivity contribution in [3.05, 3.63) is 35.4 Å². The minimum absolute atomic E-state index is 0.0532. The molecular formula is C22H30N2O4. The summed E-state index contributed by atoms with van der Waals surface area (Å²) in [6, 6.07) is 4.15. The molecule has 2 heterocycles. The van der Waals surface area contributed by atoms with Gasteiger partial charge >= 0.3 is 6.09 Å². The maximum Gasteiger partial charge on any atom is 0.407 e. The Morgan fingerprint density at radius 2 is 2.29 bits per heavy atom. The molecule has 0 radical (unpaired) electrons. The monoisotopic (exact) mass is 386 g/mol. The second kappa shape index (κ2) is 7.66. The molecule has 4 rings (SSSR count). The normalized spacial score (nSPS) is 28.0. The van der Waals surface area contributed by atoms with Gasteiger partial charge in [-0.25, -0.2) is 4.79 Å². The first-order valence-corrected chi connectivity index (χ1v) is 10.3. The molecule has 0 aromatic heterocycles. The van der Waals surface area contributed by atoms with Gasteiger partial charge in [-0.1, -0.05) is 25.5 Å². The largest absolute Gasteiger partial charge is 0.493 e. The molecule has 1 N–H and O–H groups in total. The van der Waals surface area contributed by atoms with Crippen LogP contribution in [-0.2, 0) is 16.7 Å². The average molecular weight is 386 g/mol. The number of unbranched alkanes of at least 4 members (excludes halogenated alkanes) is 1. The van der Waals surface area contributed by atoms with Crippen LogP contribution in [0.25, 0.3) is 0 Å². The fourth-order valence-electron chi connectivity index (χ4n) is 4.70. The van der Waals surface area contributed by atoms with E-state index in [0.29, 0.717) is 13.0 Å². The van der Waals surface area contributed by atoms with Gasteiger partial charge in [-0.2, -0.15) is 0 Å². The van der Waals surface area contributed by atoms with Crippen molar-refractivity contribution in [3.8, 4) is 11.5 Å². The number of carbonyl (C=O) groups excluding carboxylic acids is 1. The van der Waals surface area contributed by atoms with Crippen LogP contribution < -0.4 is 14.8 Å². The van der Waals surface area contributed by atoms with Gasteiger partial charge in [0.2, 0.25) is 0 Å². The van der Waals surface area contributed by atoms with Crippen molar-refractivity contribution in [1.29, 1.82) is 0 Å². The van der Waals surface area contributed by atoms with Gasteiger partial charge in [0.15, 0.2) is 11.5 Å². The zero-order valence-corrected chi connectivity index (χ0v) is 17.0. The van der Waals surface area contributed by atoms with Crippen molar-refractivity contribution in [2.45, 2.75) is 56.8 Å². The summed E-state index contributed by atoms with van der Waals surface area (Å²) in [5, 5.41) is 2.82. The number of amides is 1. The van der Waals surface area contributed by atoms with Crippen LogP contribution in [0.4, 0.5) is 4.79 Å². The second-order valence-corrected chi connectivity index (χ2v) is 8.08. The number of nitrogens with one attached hydrogen (secondary N) is 1. The summed E-state index contributed by atoms with van der Waals surface area (Å²) in [5.74, 6) is 1.64. The summed E-state index contributed by atoms with van der Waals surface area (Å²) >= 11 is 0. The third kappa shape index (κ3) is 3.24. The molecule has 1 aromatic rings. The molecule has 0 fully saturated rings. The van der Waals surface area contributed by atoms with E-state index in [1.54, 1.807) is 7.11 Å². The second-order valence-electron chi connectivity index (χ2n) is 8.08. The Hall–Kier alpha value is -2.21. The summed E-state index contributed by atoms with van der Waals surface area (Å²) < 4.78 is 17.7. The fourth-order valence-corrected chi connectivity index (χ4v) is 4.70. The lowest BCUT2D eigenvalue weighted by molar-refractivity contribution is 0.0606. The standard InChI is InChI=1S/C22H30N2O4/c1-4-5-11-23-21(25)27-16-8-9-22-10-12-24(2)14-15-6-7-17(26-3)20(19(15)22)28-18(22)13-16/h6-9,16,18H,4-5,10-14H2,1-3H3,(H,23,25)/t16-,18-,22?/m1/s1. The van der Waals surface area contributed by atoms with Crippen LogP contribution in [0.1, 0.15) is 43.7 Å². The van der Waals surface area contributed by atoms with Gasteiger partial charge in [0.25, 0.3) is 0 Å². The average Bonchev–Trinajstić information content (AvgIpc) is 2.94. The Morgan fingerprint density at radius 1 is 1.43 bits per heavy atom. The van der Waals surface area contributed by atoms with Crippen LogP contribution in [0.2, 0.25) is 0 Å². The van der Waals surface area contributed by atoms with Crippen LogP contribution in [0.15, 0.2) is 24.3 Å². The lowest BCUT2D eigenvalue weighted by Crippen LogP contribution is -2.44. The Morgan fingerprint density at radius 3 is 3.07 bits per heavy atom. The van der Waals surface area contributed by atoms with Gasteiger partial charge in [0, 0.05) is 25.1 Å². The number of hydrogen-bond acceptors (Lipinski definition) is 5. The number of benzene rings is 1. The lowest BCUT2D eigenvalue weighted by Gasteiger charge is -2.36. The van der Waals surface area contributed by atoms with E-state index < -0.39 is 0 Å². The molecule has 6 heteroatoms. The topological polar surface area (TPSA) is 60.0 Å². The number of hydrogen-bond donors (Lipinski definition) is 1.